The summed E-state index contributed by atoms with van der Waals surface area (Å²) >= 11 is 0. The van der Waals surface area contributed by atoms with Gasteiger partial charge in [-0.15, -0.1) is 0 Å². The number of aromatic nitrogens is 3. The molecular formula is C31H38N6O4. The van der Waals surface area contributed by atoms with Crippen LogP contribution < -0.4 is 9.64 Å². The first-order valence-electron chi connectivity index (χ1n) is 14.3. The first-order chi connectivity index (χ1) is 19.5. The van der Waals surface area contributed by atoms with Gasteiger partial charge in [0.05, 0.1) is 36.1 Å². The van der Waals surface area contributed by atoms with Crippen LogP contribution >= 0.6 is 0 Å². The maximum atomic E-state index is 13.2. The van der Waals surface area contributed by atoms with E-state index in [0.29, 0.717) is 37.3 Å². The fourth-order valence-corrected chi connectivity index (χ4v) is 5.63. The quantitative estimate of drug-likeness (QED) is 0.387. The first kappa shape index (κ1) is 28.4. The van der Waals surface area contributed by atoms with Crippen LogP contribution in [0.4, 0.5) is 10.6 Å². The predicted octanol–water partition coefficient (Wildman–Crippen LogP) is 5.24. The molecule has 216 valence electrons. The summed E-state index contributed by atoms with van der Waals surface area (Å²) in [6.07, 6.45) is 7.64. The summed E-state index contributed by atoms with van der Waals surface area (Å²) in [6, 6.07) is 7.79. The molecule has 5 rings (SSSR count). The molecular weight excluding hydrogens is 520 g/mol. The number of rotatable bonds is 7. The molecule has 0 aliphatic carbocycles. The number of ether oxygens (including phenoxy) is 2. The third-order valence-electron chi connectivity index (χ3n) is 7.99. The topological polar surface area (TPSA) is 113 Å². The van der Waals surface area contributed by atoms with Crippen molar-refractivity contribution in [3.63, 3.8) is 0 Å². The van der Waals surface area contributed by atoms with Crippen LogP contribution in [0.2, 0.25) is 0 Å². The number of hydrogen-bond donors (Lipinski definition) is 0. The Balaban J connectivity index is 1.23. The van der Waals surface area contributed by atoms with Crippen LogP contribution in [0.1, 0.15) is 65.9 Å². The lowest BCUT2D eigenvalue weighted by Gasteiger charge is -2.44. The number of carbonyl (C=O) groups is 2. The Morgan fingerprint density at radius 3 is 2.51 bits per heavy atom. The largest absolute Gasteiger partial charge is 0.492 e. The lowest BCUT2D eigenvalue weighted by Crippen LogP contribution is -2.57. The Hall–Kier alpha value is -4.13. The molecule has 2 aliphatic heterocycles. The number of piperidine rings is 1. The second kappa shape index (κ2) is 11.0. The number of hydrogen-bond acceptors (Lipinski definition) is 8. The van der Waals surface area contributed by atoms with Crippen molar-refractivity contribution in [2.75, 3.05) is 31.1 Å². The minimum absolute atomic E-state index is 0.121. The highest BCUT2D eigenvalue weighted by molar-refractivity contribution is 5.89. The summed E-state index contributed by atoms with van der Waals surface area (Å²) in [5, 5.41) is 13.9. The number of anilines is 1. The number of likely N-dealkylation sites (tertiary alicyclic amines) is 1. The maximum absolute atomic E-state index is 13.2. The van der Waals surface area contributed by atoms with Gasteiger partial charge in [-0.25, -0.2) is 14.3 Å². The van der Waals surface area contributed by atoms with Gasteiger partial charge in [-0.2, -0.15) is 10.4 Å². The molecule has 41 heavy (non-hydrogen) atoms. The number of pyridine rings is 2. The average Bonchev–Trinajstić information content (AvgIpc) is 3.30. The van der Waals surface area contributed by atoms with Gasteiger partial charge in [0.15, 0.2) is 5.78 Å². The zero-order valence-electron chi connectivity index (χ0n) is 24.5. The molecule has 0 N–H and O–H groups in total. The van der Waals surface area contributed by atoms with Crippen LogP contribution in [0, 0.1) is 16.7 Å². The lowest BCUT2D eigenvalue weighted by atomic mass is 9.74. The minimum atomic E-state index is -0.579. The highest BCUT2D eigenvalue weighted by atomic mass is 16.6. The molecule has 0 radical (unpaired) electrons. The summed E-state index contributed by atoms with van der Waals surface area (Å²) in [5.74, 6) is 1.67. The monoisotopic (exact) mass is 558 g/mol. The van der Waals surface area contributed by atoms with Crippen molar-refractivity contribution in [1.29, 1.82) is 5.26 Å². The molecule has 2 saturated heterocycles. The van der Waals surface area contributed by atoms with Gasteiger partial charge >= 0.3 is 6.09 Å². The zero-order valence-corrected chi connectivity index (χ0v) is 24.5. The second-order valence-electron chi connectivity index (χ2n) is 12.3. The van der Waals surface area contributed by atoms with Crippen molar-refractivity contribution in [2.24, 2.45) is 5.41 Å². The average molecular weight is 559 g/mol. The molecule has 3 aromatic rings. The van der Waals surface area contributed by atoms with Crippen molar-refractivity contribution in [1.82, 2.24) is 19.5 Å². The number of amides is 1. The van der Waals surface area contributed by atoms with E-state index in [1.165, 1.54) is 0 Å². The predicted molar refractivity (Wildman–Crippen MR) is 155 cm³/mol. The van der Waals surface area contributed by atoms with Gasteiger partial charge in [-0.3, -0.25) is 9.69 Å². The first-order valence-corrected chi connectivity index (χ1v) is 14.3. The van der Waals surface area contributed by atoms with Gasteiger partial charge in [0.2, 0.25) is 0 Å². The van der Waals surface area contributed by atoms with E-state index < -0.39 is 11.7 Å². The molecule has 0 saturated carbocycles. The number of carbonyl (C=O) groups excluding carboxylic acids is 2. The Morgan fingerprint density at radius 1 is 1.17 bits per heavy atom. The summed E-state index contributed by atoms with van der Waals surface area (Å²) in [5.41, 5.74) is 2.23. The van der Waals surface area contributed by atoms with E-state index in [1.807, 2.05) is 52.1 Å². The Labute approximate surface area is 240 Å². The van der Waals surface area contributed by atoms with Crippen LogP contribution in [-0.2, 0) is 9.53 Å². The summed E-state index contributed by atoms with van der Waals surface area (Å²) in [7, 11) is 0. The molecule has 2 aliphatic rings. The molecule has 0 aromatic carbocycles. The van der Waals surface area contributed by atoms with Crippen LogP contribution in [0.5, 0.6) is 5.75 Å². The third kappa shape index (κ3) is 5.99. The fraction of sp³-hybridized carbons (Fsp3) is 0.516. The molecule has 0 spiro atoms. The van der Waals surface area contributed by atoms with E-state index in [2.05, 4.69) is 23.0 Å². The molecule has 2 fully saturated rings. The van der Waals surface area contributed by atoms with Crippen molar-refractivity contribution in [3.05, 3.63) is 42.4 Å². The van der Waals surface area contributed by atoms with Gasteiger partial charge in [-0.05, 0) is 70.6 Å². The molecule has 10 heteroatoms. The molecule has 0 unspecified atom stereocenters. The lowest BCUT2D eigenvalue weighted by molar-refractivity contribution is -0.130. The van der Waals surface area contributed by atoms with Gasteiger partial charge < -0.3 is 14.4 Å². The zero-order chi connectivity index (χ0) is 29.4. The van der Waals surface area contributed by atoms with E-state index in [0.717, 1.165) is 48.4 Å². The number of fused-ring (bicyclic) bond motifs is 1. The van der Waals surface area contributed by atoms with E-state index in [9.17, 15) is 14.9 Å². The summed E-state index contributed by atoms with van der Waals surface area (Å²) in [6.45, 7) is 12.3. The Morgan fingerprint density at radius 2 is 1.93 bits per heavy atom. The van der Waals surface area contributed by atoms with Gasteiger partial charge in [0.25, 0.3) is 0 Å². The van der Waals surface area contributed by atoms with Crippen molar-refractivity contribution >= 4 is 23.2 Å². The molecule has 0 bridgehead atoms. The van der Waals surface area contributed by atoms with E-state index >= 15 is 0 Å². The van der Waals surface area contributed by atoms with Crippen LogP contribution in [0.3, 0.4) is 0 Å². The van der Waals surface area contributed by atoms with Crippen LogP contribution in [-0.4, -0.2) is 69.3 Å². The molecule has 1 amide bonds. The summed E-state index contributed by atoms with van der Waals surface area (Å²) in [4.78, 5) is 34.2. The van der Waals surface area contributed by atoms with Crippen LogP contribution in [0.25, 0.3) is 16.6 Å². The number of ketones is 1. The fourth-order valence-electron chi connectivity index (χ4n) is 5.63. The van der Waals surface area contributed by atoms with Crippen molar-refractivity contribution in [2.45, 2.75) is 71.9 Å². The molecule has 1 atom stereocenters. The molecule has 3 aromatic heterocycles. The molecule has 5 heterocycles. The highest BCUT2D eigenvalue weighted by Gasteiger charge is 2.42. The highest BCUT2D eigenvalue weighted by Crippen LogP contribution is 2.38. The van der Waals surface area contributed by atoms with Gasteiger partial charge in [0, 0.05) is 43.4 Å². The second-order valence-corrected chi connectivity index (χ2v) is 12.3. The van der Waals surface area contributed by atoms with Gasteiger partial charge in [-0.1, -0.05) is 6.92 Å². The van der Waals surface area contributed by atoms with E-state index in [1.54, 1.807) is 21.8 Å². The van der Waals surface area contributed by atoms with E-state index in [-0.39, 0.29) is 17.2 Å². The number of nitriles is 1. The van der Waals surface area contributed by atoms with Gasteiger partial charge in [0.1, 0.15) is 23.2 Å². The van der Waals surface area contributed by atoms with Crippen molar-refractivity contribution in [3.8, 4) is 22.9 Å². The minimum Gasteiger partial charge on any atom is -0.492 e. The number of nitrogens with zero attached hydrogens (tertiary/aromatic N) is 6. The van der Waals surface area contributed by atoms with Crippen LogP contribution in [0.15, 0.2) is 36.8 Å². The maximum Gasteiger partial charge on any atom is 0.410 e. The molecule has 10 nitrogen and oxygen atoms in total. The normalized spacial score (nSPS) is 18.5. The standard InChI is InChI=1S/C31H38N6O4/c1-6-40-23-15-24(28-22(17-32)19-34-37(28)20-23)21-7-8-27(33-18-21)35-13-10-31(5,11-14-35)16-26(38)25-9-12-36(25)29(39)41-30(2,3)4/h7-8,15,18-20,25H,6,9-14,16H2,1-5H3/t25-/m0/s1. The van der Waals surface area contributed by atoms with Crippen molar-refractivity contribution < 1.29 is 19.1 Å². The smallest absolute Gasteiger partial charge is 0.410 e. The number of Topliss-reactive ketones (excluding diaryl/α,β-unsaturated/α-hetero) is 1. The third-order valence-corrected chi connectivity index (χ3v) is 7.99. The summed E-state index contributed by atoms with van der Waals surface area (Å²) < 4.78 is 12.9. The Bertz CT molecular complexity index is 1480. The van der Waals surface area contributed by atoms with E-state index in [4.69, 9.17) is 14.5 Å². The SMILES string of the molecule is CCOc1cc(-c2ccc(N3CCC(C)(CC(=O)[C@@H]4CCN4C(=O)OC(C)(C)C)CC3)nc2)c2c(C#N)cnn2c1. The Kier molecular flexibility index (Phi) is 7.64.